The fourth-order valence-electron chi connectivity index (χ4n) is 1.21. The Morgan fingerprint density at radius 3 is 2.71 bits per heavy atom. The highest BCUT2D eigenvalue weighted by Gasteiger charge is 2.12. The van der Waals surface area contributed by atoms with Crippen molar-refractivity contribution in [1.82, 2.24) is 4.98 Å². The average Bonchev–Trinajstić information content (AvgIpc) is 2.26. The van der Waals surface area contributed by atoms with Gasteiger partial charge in [-0.3, -0.25) is 0 Å². The molecule has 0 atom stereocenters. The number of hydrogen-bond acceptors (Lipinski definition) is 3. The molecule has 1 heterocycles. The van der Waals surface area contributed by atoms with Gasteiger partial charge in [0.05, 0.1) is 16.9 Å². The van der Waals surface area contributed by atoms with Crippen molar-refractivity contribution < 1.29 is 13.5 Å². The summed E-state index contributed by atoms with van der Waals surface area (Å²) in [5.74, 6) is -2.01. The number of para-hydroxylation sites is 1. The molecule has 17 heavy (non-hydrogen) atoms. The third-order valence-corrected chi connectivity index (χ3v) is 2.27. The predicted molar refractivity (Wildman–Crippen MR) is 60.1 cm³/mol. The summed E-state index contributed by atoms with van der Waals surface area (Å²) in [5.41, 5.74) is 5.85. The fourth-order valence-corrected chi connectivity index (χ4v) is 1.43. The second-order valence-electron chi connectivity index (χ2n) is 3.20. The second-order valence-corrected chi connectivity index (χ2v) is 3.61. The van der Waals surface area contributed by atoms with Crippen LogP contribution >= 0.6 is 11.6 Å². The van der Waals surface area contributed by atoms with Crippen LogP contribution in [-0.4, -0.2) is 4.98 Å². The first-order valence-electron chi connectivity index (χ1n) is 4.61. The molecule has 0 saturated carbocycles. The molecule has 2 aromatic rings. The van der Waals surface area contributed by atoms with E-state index < -0.39 is 11.6 Å². The number of anilines is 1. The number of rotatable bonds is 2. The van der Waals surface area contributed by atoms with Crippen LogP contribution in [0.15, 0.2) is 30.5 Å². The molecule has 88 valence electrons. The zero-order valence-corrected chi connectivity index (χ0v) is 9.21. The first kappa shape index (κ1) is 11.6. The second kappa shape index (κ2) is 4.55. The zero-order chi connectivity index (χ0) is 12.4. The quantitative estimate of drug-likeness (QED) is 0.838. The highest BCUT2D eigenvalue weighted by atomic mass is 35.5. The van der Waals surface area contributed by atoms with E-state index in [1.807, 2.05) is 0 Å². The molecule has 0 radical (unpaired) electrons. The molecule has 6 heteroatoms. The highest BCUT2D eigenvalue weighted by molar-refractivity contribution is 6.32. The fraction of sp³-hybridized carbons (Fsp3) is 0. The van der Waals surface area contributed by atoms with Crippen molar-refractivity contribution in [2.75, 3.05) is 5.73 Å². The number of ether oxygens (including phenoxy) is 1. The first-order chi connectivity index (χ1) is 8.08. The van der Waals surface area contributed by atoms with Gasteiger partial charge in [0.2, 0.25) is 0 Å². The molecule has 1 aromatic heterocycles. The van der Waals surface area contributed by atoms with Crippen molar-refractivity contribution >= 4 is 17.3 Å². The lowest BCUT2D eigenvalue weighted by molar-refractivity contribution is 0.418. The number of hydrogen-bond donors (Lipinski definition) is 1. The predicted octanol–water partition coefficient (Wildman–Crippen LogP) is 3.39. The Morgan fingerprint density at radius 2 is 2.06 bits per heavy atom. The van der Waals surface area contributed by atoms with Gasteiger partial charge in [0.15, 0.2) is 11.6 Å². The van der Waals surface area contributed by atoms with Crippen molar-refractivity contribution in [3.05, 3.63) is 47.1 Å². The molecule has 2 rings (SSSR count). The van der Waals surface area contributed by atoms with Gasteiger partial charge >= 0.3 is 0 Å². The van der Waals surface area contributed by atoms with Gasteiger partial charge in [0, 0.05) is 6.07 Å². The SMILES string of the molecule is Nc1cccc(Cl)c1Oc1ncc(F)cc1F. The van der Waals surface area contributed by atoms with Gasteiger partial charge in [-0.25, -0.2) is 13.8 Å². The summed E-state index contributed by atoms with van der Waals surface area (Å²) in [5, 5.41) is 0.218. The third kappa shape index (κ3) is 2.45. The zero-order valence-electron chi connectivity index (χ0n) is 8.45. The van der Waals surface area contributed by atoms with Crippen LogP contribution in [0, 0.1) is 11.6 Å². The monoisotopic (exact) mass is 256 g/mol. The van der Waals surface area contributed by atoms with E-state index in [2.05, 4.69) is 4.98 Å². The lowest BCUT2D eigenvalue weighted by Gasteiger charge is -2.09. The molecule has 0 aliphatic rings. The van der Waals surface area contributed by atoms with E-state index in [1.165, 1.54) is 6.07 Å². The summed E-state index contributed by atoms with van der Waals surface area (Å²) < 4.78 is 31.0. The topological polar surface area (TPSA) is 48.1 Å². The minimum Gasteiger partial charge on any atom is -0.433 e. The van der Waals surface area contributed by atoms with Gasteiger partial charge in [-0.05, 0) is 12.1 Å². The molecule has 0 aliphatic heterocycles. The van der Waals surface area contributed by atoms with Gasteiger partial charge in [-0.15, -0.1) is 0 Å². The standard InChI is InChI=1S/C11H7ClF2N2O/c12-7-2-1-3-9(15)10(7)17-11-8(14)4-6(13)5-16-11/h1-5H,15H2. The maximum Gasteiger partial charge on any atom is 0.256 e. The van der Waals surface area contributed by atoms with E-state index in [-0.39, 0.29) is 22.3 Å². The summed E-state index contributed by atoms with van der Waals surface area (Å²) in [6.07, 6.45) is 0.839. The number of benzene rings is 1. The van der Waals surface area contributed by atoms with Crippen molar-refractivity contribution in [1.29, 1.82) is 0 Å². The Kier molecular flexibility index (Phi) is 3.10. The average molecular weight is 257 g/mol. The van der Waals surface area contributed by atoms with E-state index in [1.54, 1.807) is 12.1 Å². The van der Waals surface area contributed by atoms with Gasteiger partial charge in [0.1, 0.15) is 5.82 Å². The van der Waals surface area contributed by atoms with Crippen LogP contribution in [0.25, 0.3) is 0 Å². The van der Waals surface area contributed by atoms with Gasteiger partial charge in [-0.2, -0.15) is 0 Å². The van der Waals surface area contributed by atoms with Crippen LogP contribution in [0.4, 0.5) is 14.5 Å². The summed E-state index contributed by atoms with van der Waals surface area (Å²) in [6.45, 7) is 0. The Labute approximate surface area is 101 Å². The molecule has 2 N–H and O–H groups in total. The number of pyridine rings is 1. The van der Waals surface area contributed by atoms with E-state index in [9.17, 15) is 8.78 Å². The molecule has 3 nitrogen and oxygen atoms in total. The number of nitrogens with zero attached hydrogens (tertiary/aromatic N) is 1. The Morgan fingerprint density at radius 1 is 1.29 bits per heavy atom. The summed E-state index contributed by atoms with van der Waals surface area (Å²) in [7, 11) is 0. The van der Waals surface area contributed by atoms with Crippen molar-refractivity contribution in [2.24, 2.45) is 0 Å². The maximum absolute atomic E-state index is 13.3. The lowest BCUT2D eigenvalue weighted by Crippen LogP contribution is -1.97. The van der Waals surface area contributed by atoms with Crippen LogP contribution in [-0.2, 0) is 0 Å². The maximum atomic E-state index is 13.3. The van der Waals surface area contributed by atoms with Crippen molar-refractivity contribution in [3.8, 4) is 11.6 Å². The summed E-state index contributed by atoms with van der Waals surface area (Å²) in [6, 6.07) is 5.37. The van der Waals surface area contributed by atoms with Crippen LogP contribution in [0.1, 0.15) is 0 Å². The van der Waals surface area contributed by atoms with Crippen LogP contribution < -0.4 is 10.5 Å². The van der Waals surface area contributed by atoms with E-state index in [4.69, 9.17) is 22.1 Å². The minimum atomic E-state index is -0.927. The molecule has 0 bridgehead atoms. The van der Waals surface area contributed by atoms with Crippen molar-refractivity contribution in [3.63, 3.8) is 0 Å². The number of halogens is 3. The lowest BCUT2D eigenvalue weighted by atomic mass is 10.3. The summed E-state index contributed by atoms with van der Waals surface area (Å²) in [4.78, 5) is 3.47. The minimum absolute atomic E-state index is 0.0900. The largest absolute Gasteiger partial charge is 0.433 e. The first-order valence-corrected chi connectivity index (χ1v) is 4.98. The molecule has 0 fully saturated rings. The van der Waals surface area contributed by atoms with Crippen LogP contribution in [0.3, 0.4) is 0 Å². The number of nitrogen functional groups attached to an aromatic ring is 1. The van der Waals surface area contributed by atoms with E-state index in [0.29, 0.717) is 6.07 Å². The molecule has 0 amide bonds. The van der Waals surface area contributed by atoms with Crippen molar-refractivity contribution in [2.45, 2.75) is 0 Å². The third-order valence-electron chi connectivity index (χ3n) is 1.97. The molecule has 0 aliphatic carbocycles. The molecule has 0 unspecified atom stereocenters. The number of aromatic nitrogens is 1. The van der Waals surface area contributed by atoms with E-state index >= 15 is 0 Å². The van der Waals surface area contributed by atoms with Gasteiger partial charge in [-0.1, -0.05) is 17.7 Å². The molecular formula is C11H7ClF2N2O. The molecular weight excluding hydrogens is 250 g/mol. The Bertz CT molecular complexity index is 543. The Balaban J connectivity index is 2.38. The van der Waals surface area contributed by atoms with Crippen LogP contribution in [0.2, 0.25) is 5.02 Å². The Hall–Kier alpha value is -1.88. The van der Waals surface area contributed by atoms with E-state index in [0.717, 1.165) is 6.20 Å². The normalized spacial score (nSPS) is 10.3. The molecule has 0 spiro atoms. The molecule has 1 aromatic carbocycles. The highest BCUT2D eigenvalue weighted by Crippen LogP contribution is 2.34. The van der Waals surface area contributed by atoms with Crippen LogP contribution in [0.5, 0.6) is 11.6 Å². The molecule has 0 saturated heterocycles. The smallest absolute Gasteiger partial charge is 0.256 e. The number of nitrogens with two attached hydrogens (primary N) is 1. The van der Waals surface area contributed by atoms with Gasteiger partial charge in [0.25, 0.3) is 5.88 Å². The van der Waals surface area contributed by atoms with Gasteiger partial charge < -0.3 is 10.5 Å². The summed E-state index contributed by atoms with van der Waals surface area (Å²) >= 11 is 5.83.